The standard InChI is InChI=1S/C22H17ClN4O2/c23-17-12-10-16(11-13-17)21(15-6-2-1-3-7-15)24-20(28)14-27-22(29)18-8-4-5-9-19(18)25-26-27/h1-13,21H,14H2,(H,24,28). The van der Waals surface area contributed by atoms with Crippen LogP contribution in [0.25, 0.3) is 10.9 Å². The van der Waals surface area contributed by atoms with Crippen LogP contribution in [0.4, 0.5) is 0 Å². The number of rotatable bonds is 5. The predicted molar refractivity (Wildman–Crippen MR) is 112 cm³/mol. The maximum Gasteiger partial charge on any atom is 0.278 e. The number of nitrogens with one attached hydrogen (secondary N) is 1. The van der Waals surface area contributed by atoms with E-state index >= 15 is 0 Å². The first-order chi connectivity index (χ1) is 14.1. The topological polar surface area (TPSA) is 76.9 Å². The van der Waals surface area contributed by atoms with Crippen LogP contribution < -0.4 is 10.9 Å². The first-order valence-corrected chi connectivity index (χ1v) is 9.42. The normalized spacial score (nSPS) is 11.9. The average Bonchev–Trinajstić information content (AvgIpc) is 2.76. The van der Waals surface area contributed by atoms with Crippen LogP contribution in [0.3, 0.4) is 0 Å². The second kappa shape index (κ2) is 8.24. The molecule has 0 aliphatic rings. The molecule has 4 rings (SSSR count). The van der Waals surface area contributed by atoms with Crippen LogP contribution in [0.2, 0.25) is 5.02 Å². The molecule has 0 spiro atoms. The second-order valence-electron chi connectivity index (χ2n) is 6.53. The van der Waals surface area contributed by atoms with Crippen molar-refractivity contribution in [2.24, 2.45) is 0 Å². The van der Waals surface area contributed by atoms with Crippen molar-refractivity contribution in [3.63, 3.8) is 0 Å². The smallest absolute Gasteiger partial charge is 0.278 e. The van der Waals surface area contributed by atoms with Crippen LogP contribution in [0, 0.1) is 0 Å². The largest absolute Gasteiger partial charge is 0.344 e. The van der Waals surface area contributed by atoms with Gasteiger partial charge in [0.05, 0.1) is 11.4 Å². The Bertz CT molecular complexity index is 1210. The zero-order valence-corrected chi connectivity index (χ0v) is 16.1. The SMILES string of the molecule is O=C(Cn1nnc2ccccc2c1=O)NC(c1ccccc1)c1ccc(Cl)cc1. The zero-order chi connectivity index (χ0) is 20.2. The molecule has 144 valence electrons. The summed E-state index contributed by atoms with van der Waals surface area (Å²) < 4.78 is 1.07. The maximum absolute atomic E-state index is 12.8. The number of nitrogens with zero attached hydrogens (tertiary/aromatic N) is 3. The van der Waals surface area contributed by atoms with Gasteiger partial charge in [-0.1, -0.05) is 71.4 Å². The van der Waals surface area contributed by atoms with E-state index in [0.717, 1.165) is 15.8 Å². The van der Waals surface area contributed by atoms with E-state index in [1.807, 2.05) is 42.5 Å². The molecule has 0 fully saturated rings. The Morgan fingerprint density at radius 1 is 0.931 bits per heavy atom. The van der Waals surface area contributed by atoms with Gasteiger partial charge in [0.15, 0.2) is 0 Å². The highest BCUT2D eigenvalue weighted by molar-refractivity contribution is 6.30. The van der Waals surface area contributed by atoms with Crippen molar-refractivity contribution < 1.29 is 4.79 Å². The Balaban J connectivity index is 1.61. The number of hydrogen-bond donors (Lipinski definition) is 1. The molecule has 1 unspecified atom stereocenters. The van der Waals surface area contributed by atoms with Crippen LogP contribution in [0.5, 0.6) is 0 Å². The van der Waals surface area contributed by atoms with Crippen molar-refractivity contribution in [3.05, 3.63) is 105 Å². The number of fused-ring (bicyclic) bond motifs is 1. The van der Waals surface area contributed by atoms with E-state index < -0.39 is 0 Å². The minimum atomic E-state index is -0.384. The third kappa shape index (κ3) is 4.17. The Kier molecular flexibility index (Phi) is 5.35. The Hall–Kier alpha value is -3.51. The monoisotopic (exact) mass is 404 g/mol. The highest BCUT2D eigenvalue weighted by Gasteiger charge is 2.18. The van der Waals surface area contributed by atoms with Gasteiger partial charge in [-0.3, -0.25) is 9.59 Å². The molecule has 0 saturated carbocycles. The van der Waals surface area contributed by atoms with Gasteiger partial charge in [0, 0.05) is 5.02 Å². The summed E-state index contributed by atoms with van der Waals surface area (Å²) in [5, 5.41) is 11.9. The third-order valence-corrected chi connectivity index (χ3v) is 4.82. The summed E-state index contributed by atoms with van der Waals surface area (Å²) >= 11 is 6.00. The molecule has 4 aromatic rings. The molecule has 1 atom stereocenters. The van der Waals surface area contributed by atoms with Gasteiger partial charge >= 0.3 is 0 Å². The molecule has 1 aromatic heterocycles. The van der Waals surface area contributed by atoms with Crippen LogP contribution in [0.15, 0.2) is 83.7 Å². The number of hydrogen-bond acceptors (Lipinski definition) is 4. The van der Waals surface area contributed by atoms with Gasteiger partial charge in [0.1, 0.15) is 12.1 Å². The lowest BCUT2D eigenvalue weighted by Gasteiger charge is -2.20. The van der Waals surface area contributed by atoms with Gasteiger partial charge in [-0.25, -0.2) is 4.68 Å². The van der Waals surface area contributed by atoms with Gasteiger partial charge in [0.2, 0.25) is 5.91 Å². The van der Waals surface area contributed by atoms with Gasteiger partial charge in [-0.05, 0) is 35.4 Å². The van der Waals surface area contributed by atoms with Crippen molar-refractivity contribution >= 4 is 28.4 Å². The molecule has 7 heteroatoms. The highest BCUT2D eigenvalue weighted by atomic mass is 35.5. The fourth-order valence-electron chi connectivity index (χ4n) is 3.13. The van der Waals surface area contributed by atoms with E-state index in [4.69, 9.17) is 11.6 Å². The lowest BCUT2D eigenvalue weighted by molar-refractivity contribution is -0.122. The molecule has 3 aromatic carbocycles. The summed E-state index contributed by atoms with van der Waals surface area (Å²) in [5.41, 5.74) is 1.94. The molecule has 0 radical (unpaired) electrons. The Morgan fingerprint density at radius 2 is 1.59 bits per heavy atom. The minimum absolute atomic E-state index is 0.229. The van der Waals surface area contributed by atoms with Gasteiger partial charge in [-0.2, -0.15) is 0 Å². The van der Waals surface area contributed by atoms with Gasteiger partial charge < -0.3 is 5.32 Å². The molecule has 1 amide bonds. The van der Waals surface area contributed by atoms with Crippen LogP contribution in [-0.2, 0) is 11.3 Å². The van der Waals surface area contributed by atoms with E-state index in [0.29, 0.717) is 15.9 Å². The Labute approximate surface area is 171 Å². The number of carbonyl (C=O) groups excluding carboxylic acids is 1. The average molecular weight is 405 g/mol. The Morgan fingerprint density at radius 3 is 2.34 bits per heavy atom. The summed E-state index contributed by atoms with van der Waals surface area (Å²) in [6.45, 7) is -0.229. The molecule has 6 nitrogen and oxygen atoms in total. The zero-order valence-electron chi connectivity index (χ0n) is 15.3. The van der Waals surface area contributed by atoms with E-state index in [1.165, 1.54) is 0 Å². The van der Waals surface area contributed by atoms with Crippen molar-refractivity contribution in [2.45, 2.75) is 12.6 Å². The molecular weight excluding hydrogens is 388 g/mol. The molecule has 0 saturated heterocycles. The lowest BCUT2D eigenvalue weighted by Crippen LogP contribution is -2.36. The summed E-state index contributed by atoms with van der Waals surface area (Å²) in [5.74, 6) is -0.347. The van der Waals surface area contributed by atoms with Crippen LogP contribution >= 0.6 is 11.6 Å². The van der Waals surface area contributed by atoms with Crippen molar-refractivity contribution in [2.75, 3.05) is 0 Å². The third-order valence-electron chi connectivity index (χ3n) is 4.56. The summed E-state index contributed by atoms with van der Waals surface area (Å²) in [7, 11) is 0. The fourth-order valence-corrected chi connectivity index (χ4v) is 3.26. The number of halogens is 1. The summed E-state index contributed by atoms with van der Waals surface area (Å²) in [6.07, 6.45) is 0. The van der Waals surface area contributed by atoms with E-state index in [1.54, 1.807) is 36.4 Å². The van der Waals surface area contributed by atoms with Crippen molar-refractivity contribution in [1.82, 2.24) is 20.3 Å². The fraction of sp³-hybridized carbons (Fsp3) is 0.0909. The maximum atomic E-state index is 12.8. The molecular formula is C22H17ClN4O2. The molecule has 0 aliphatic carbocycles. The number of carbonyl (C=O) groups is 1. The number of benzene rings is 3. The van der Waals surface area contributed by atoms with Crippen LogP contribution in [0.1, 0.15) is 17.2 Å². The number of amides is 1. The lowest BCUT2D eigenvalue weighted by atomic mass is 9.99. The molecule has 1 heterocycles. The van der Waals surface area contributed by atoms with E-state index in [-0.39, 0.29) is 24.1 Å². The number of aromatic nitrogens is 3. The van der Waals surface area contributed by atoms with E-state index in [9.17, 15) is 9.59 Å². The van der Waals surface area contributed by atoms with Crippen LogP contribution in [-0.4, -0.2) is 20.9 Å². The highest BCUT2D eigenvalue weighted by Crippen LogP contribution is 2.23. The summed E-state index contributed by atoms with van der Waals surface area (Å²) in [4.78, 5) is 25.4. The second-order valence-corrected chi connectivity index (χ2v) is 6.97. The van der Waals surface area contributed by atoms with Gasteiger partial charge in [-0.15, -0.1) is 5.10 Å². The first kappa shape index (κ1) is 18.8. The first-order valence-electron chi connectivity index (χ1n) is 9.04. The minimum Gasteiger partial charge on any atom is -0.344 e. The predicted octanol–water partition coefficient (Wildman–Crippen LogP) is 3.35. The summed E-state index contributed by atoms with van der Waals surface area (Å²) in [6, 6.07) is 23.4. The van der Waals surface area contributed by atoms with Gasteiger partial charge in [0.25, 0.3) is 5.56 Å². The van der Waals surface area contributed by atoms with Crippen molar-refractivity contribution in [3.8, 4) is 0 Å². The molecule has 29 heavy (non-hydrogen) atoms. The quantitative estimate of drug-likeness (QED) is 0.553. The molecule has 1 N–H and O–H groups in total. The molecule has 0 bridgehead atoms. The van der Waals surface area contributed by atoms with Crippen molar-refractivity contribution in [1.29, 1.82) is 0 Å². The van der Waals surface area contributed by atoms with E-state index in [2.05, 4.69) is 15.6 Å². The molecule has 0 aliphatic heterocycles.